The fourth-order valence-electron chi connectivity index (χ4n) is 3.29. The highest BCUT2D eigenvalue weighted by molar-refractivity contribution is 5.95. The maximum Gasteiger partial charge on any atom is 0.329 e. The zero-order chi connectivity index (χ0) is 26.3. The van der Waals surface area contributed by atoms with E-state index in [0.717, 1.165) is 0 Å². The van der Waals surface area contributed by atoms with Crippen LogP contribution in [0.15, 0.2) is 48.5 Å². The number of nitrogens with zero attached hydrogens (tertiary/aromatic N) is 2. The van der Waals surface area contributed by atoms with E-state index < -0.39 is 30.6 Å². The number of ether oxygens (including phenoxy) is 2. The van der Waals surface area contributed by atoms with Crippen molar-refractivity contribution in [3.8, 4) is 11.8 Å². The molecule has 0 heterocycles. The van der Waals surface area contributed by atoms with Crippen molar-refractivity contribution in [3.05, 3.63) is 59.9 Å². The molecule has 0 fully saturated rings. The Morgan fingerprint density at radius 1 is 1.08 bits per heavy atom. The molecule has 2 aromatic carbocycles. The minimum absolute atomic E-state index is 0.0984. The van der Waals surface area contributed by atoms with Crippen molar-refractivity contribution >= 4 is 23.6 Å². The van der Waals surface area contributed by atoms with Gasteiger partial charge >= 0.3 is 12.0 Å². The Morgan fingerprint density at radius 2 is 1.78 bits per heavy atom. The minimum atomic E-state index is -0.950. The Bertz CT molecular complexity index is 1040. The SMILES string of the molecule is CCC[C@@H](NC(=O)NCc1ccc(F)cc1)C(=O)OCC(=O)N(CCC#N)c1ccc(OCC)cc1. The lowest BCUT2D eigenvalue weighted by Gasteiger charge is -2.23. The predicted octanol–water partition coefficient (Wildman–Crippen LogP) is 3.68. The second-order valence-corrected chi connectivity index (χ2v) is 7.78. The van der Waals surface area contributed by atoms with Gasteiger partial charge in [-0.05, 0) is 55.3 Å². The Balaban J connectivity index is 1.94. The summed E-state index contributed by atoms with van der Waals surface area (Å²) in [4.78, 5) is 39.1. The monoisotopic (exact) mass is 498 g/mol. The highest BCUT2D eigenvalue weighted by Crippen LogP contribution is 2.20. The summed E-state index contributed by atoms with van der Waals surface area (Å²) in [6.07, 6.45) is 1.00. The van der Waals surface area contributed by atoms with Gasteiger partial charge in [-0.3, -0.25) is 4.79 Å². The molecule has 1 atom stereocenters. The van der Waals surface area contributed by atoms with Crippen LogP contribution in [-0.2, 0) is 20.9 Å². The molecule has 2 aromatic rings. The van der Waals surface area contributed by atoms with E-state index in [0.29, 0.717) is 36.4 Å². The van der Waals surface area contributed by atoms with E-state index in [9.17, 15) is 18.8 Å². The Hall–Kier alpha value is -4.13. The summed E-state index contributed by atoms with van der Waals surface area (Å²) < 4.78 is 23.6. The van der Waals surface area contributed by atoms with Crippen molar-refractivity contribution in [2.45, 2.75) is 45.7 Å². The molecule has 0 aromatic heterocycles. The third-order valence-electron chi connectivity index (χ3n) is 5.08. The van der Waals surface area contributed by atoms with Crippen LogP contribution >= 0.6 is 0 Å². The summed E-state index contributed by atoms with van der Waals surface area (Å²) in [7, 11) is 0. The van der Waals surface area contributed by atoms with Crippen molar-refractivity contribution in [1.29, 1.82) is 5.26 Å². The lowest BCUT2D eigenvalue weighted by atomic mass is 10.2. The smallest absolute Gasteiger partial charge is 0.329 e. The quantitative estimate of drug-likeness (QED) is 0.407. The van der Waals surface area contributed by atoms with Gasteiger partial charge in [0.15, 0.2) is 6.61 Å². The molecule has 0 aliphatic heterocycles. The molecule has 3 amide bonds. The van der Waals surface area contributed by atoms with Crippen LogP contribution in [-0.4, -0.2) is 43.7 Å². The van der Waals surface area contributed by atoms with Gasteiger partial charge in [0.2, 0.25) is 0 Å². The maximum absolute atomic E-state index is 13.0. The van der Waals surface area contributed by atoms with E-state index in [1.165, 1.54) is 17.0 Å². The van der Waals surface area contributed by atoms with Crippen molar-refractivity contribution in [3.63, 3.8) is 0 Å². The highest BCUT2D eigenvalue weighted by atomic mass is 19.1. The van der Waals surface area contributed by atoms with E-state index in [-0.39, 0.29) is 25.3 Å². The summed E-state index contributed by atoms with van der Waals surface area (Å²) in [5, 5.41) is 14.1. The first-order valence-electron chi connectivity index (χ1n) is 11.7. The number of benzene rings is 2. The van der Waals surface area contributed by atoms with Gasteiger partial charge in [0, 0.05) is 18.8 Å². The third-order valence-corrected chi connectivity index (χ3v) is 5.08. The highest BCUT2D eigenvalue weighted by Gasteiger charge is 2.24. The van der Waals surface area contributed by atoms with Crippen molar-refractivity contribution in [2.75, 3.05) is 24.7 Å². The minimum Gasteiger partial charge on any atom is -0.494 e. The number of carbonyl (C=O) groups is 3. The average molecular weight is 499 g/mol. The van der Waals surface area contributed by atoms with Gasteiger partial charge in [-0.15, -0.1) is 0 Å². The number of amides is 3. The fraction of sp³-hybridized carbons (Fsp3) is 0.385. The molecule has 0 spiro atoms. The maximum atomic E-state index is 13.0. The van der Waals surface area contributed by atoms with Crippen molar-refractivity contribution in [2.24, 2.45) is 0 Å². The number of hydrogen-bond acceptors (Lipinski definition) is 6. The second kappa shape index (κ2) is 15.0. The molecule has 9 nitrogen and oxygen atoms in total. The van der Waals surface area contributed by atoms with Crippen LogP contribution in [0.3, 0.4) is 0 Å². The van der Waals surface area contributed by atoms with E-state index in [1.807, 2.05) is 19.9 Å². The van der Waals surface area contributed by atoms with Crippen LogP contribution in [0.1, 0.15) is 38.7 Å². The lowest BCUT2D eigenvalue weighted by molar-refractivity contribution is -0.149. The van der Waals surface area contributed by atoms with Crippen LogP contribution < -0.4 is 20.3 Å². The van der Waals surface area contributed by atoms with Crippen LogP contribution in [0.2, 0.25) is 0 Å². The molecule has 0 bridgehead atoms. The number of rotatable bonds is 13. The molecule has 2 rings (SSSR count). The molecular weight excluding hydrogens is 467 g/mol. The van der Waals surface area contributed by atoms with Gasteiger partial charge in [0.05, 0.1) is 19.1 Å². The normalized spacial score (nSPS) is 11.1. The number of carbonyl (C=O) groups excluding carboxylic acids is 3. The predicted molar refractivity (Wildman–Crippen MR) is 132 cm³/mol. The third kappa shape index (κ3) is 9.25. The molecule has 0 radical (unpaired) electrons. The zero-order valence-corrected chi connectivity index (χ0v) is 20.5. The van der Waals surface area contributed by atoms with Crippen LogP contribution in [0.25, 0.3) is 0 Å². The molecule has 192 valence electrons. The summed E-state index contributed by atoms with van der Waals surface area (Å²) in [6.45, 7) is 3.94. The van der Waals surface area contributed by atoms with Gasteiger partial charge in [0.25, 0.3) is 5.91 Å². The number of halogens is 1. The van der Waals surface area contributed by atoms with E-state index in [2.05, 4.69) is 10.6 Å². The molecule has 0 saturated heterocycles. The summed E-state index contributed by atoms with van der Waals surface area (Å²) in [5.74, 6) is -0.975. The van der Waals surface area contributed by atoms with E-state index in [4.69, 9.17) is 14.7 Å². The van der Waals surface area contributed by atoms with Crippen LogP contribution in [0.4, 0.5) is 14.9 Å². The molecule has 0 saturated carbocycles. The topological polar surface area (TPSA) is 121 Å². The molecule has 2 N–H and O–H groups in total. The largest absolute Gasteiger partial charge is 0.494 e. The molecular formula is C26H31FN4O5. The van der Waals surface area contributed by atoms with Crippen LogP contribution in [0.5, 0.6) is 5.75 Å². The van der Waals surface area contributed by atoms with Gasteiger partial charge < -0.3 is 25.0 Å². The first-order valence-corrected chi connectivity index (χ1v) is 11.7. The standard InChI is InChI=1S/C26H31FN4O5/c1-3-6-23(30-26(34)29-17-19-7-9-20(27)10-8-19)25(33)36-18-24(32)31(16-5-15-28)21-11-13-22(14-12-21)35-4-2/h7-14,23H,3-6,16-18H2,1-2H3,(H2,29,30,34)/t23-/m1/s1. The van der Waals surface area contributed by atoms with Crippen molar-refractivity contribution < 1.29 is 28.2 Å². The summed E-state index contributed by atoms with van der Waals surface area (Å²) >= 11 is 0. The second-order valence-electron chi connectivity index (χ2n) is 7.78. The average Bonchev–Trinajstić information content (AvgIpc) is 2.88. The van der Waals surface area contributed by atoms with Gasteiger partial charge in [0.1, 0.15) is 17.6 Å². The van der Waals surface area contributed by atoms with E-state index >= 15 is 0 Å². The summed E-state index contributed by atoms with van der Waals surface area (Å²) in [5.41, 5.74) is 1.23. The molecule has 0 unspecified atom stereocenters. The van der Waals surface area contributed by atoms with Gasteiger partial charge in [-0.1, -0.05) is 25.5 Å². The summed E-state index contributed by atoms with van der Waals surface area (Å²) in [6, 6.07) is 12.9. The number of nitriles is 1. The Morgan fingerprint density at radius 3 is 2.39 bits per heavy atom. The number of esters is 1. The van der Waals surface area contributed by atoms with Crippen molar-refractivity contribution in [1.82, 2.24) is 10.6 Å². The fourth-order valence-corrected chi connectivity index (χ4v) is 3.29. The number of anilines is 1. The van der Waals surface area contributed by atoms with E-state index in [1.54, 1.807) is 36.4 Å². The molecule has 10 heteroatoms. The number of nitrogens with one attached hydrogen (secondary N) is 2. The van der Waals surface area contributed by atoms with Crippen LogP contribution in [0, 0.1) is 17.1 Å². The Kier molecular flexibility index (Phi) is 11.7. The molecule has 36 heavy (non-hydrogen) atoms. The number of hydrogen-bond donors (Lipinski definition) is 2. The van der Waals surface area contributed by atoms with Gasteiger partial charge in [-0.25, -0.2) is 14.0 Å². The molecule has 0 aliphatic rings. The first-order chi connectivity index (χ1) is 17.4. The molecule has 0 aliphatic carbocycles. The zero-order valence-electron chi connectivity index (χ0n) is 20.5. The first kappa shape index (κ1) is 28.1. The number of urea groups is 1. The van der Waals surface area contributed by atoms with Gasteiger partial charge in [-0.2, -0.15) is 5.26 Å². The Labute approximate surface area is 210 Å². The lowest BCUT2D eigenvalue weighted by Crippen LogP contribution is -2.47.